The Balaban J connectivity index is 1.85. The molecule has 0 aliphatic carbocycles. The third kappa shape index (κ3) is 3.52. The molecule has 0 aromatic heterocycles. The Morgan fingerprint density at radius 3 is 2.84 bits per heavy atom. The summed E-state index contributed by atoms with van der Waals surface area (Å²) in [5, 5.41) is 11.7. The van der Waals surface area contributed by atoms with Crippen molar-refractivity contribution in [3.05, 3.63) is 35.1 Å². The number of benzene rings is 1. The normalized spacial score (nSPS) is 14.4. The van der Waals surface area contributed by atoms with E-state index in [4.69, 9.17) is 5.26 Å². The van der Waals surface area contributed by atoms with Crippen LogP contribution in [-0.4, -0.2) is 30.4 Å². The zero-order valence-electron chi connectivity index (χ0n) is 10.7. The van der Waals surface area contributed by atoms with Gasteiger partial charge in [-0.05, 0) is 31.0 Å². The molecule has 1 aromatic rings. The molecule has 100 valence electrons. The van der Waals surface area contributed by atoms with Gasteiger partial charge in [-0.3, -0.25) is 4.79 Å². The van der Waals surface area contributed by atoms with Crippen LogP contribution in [0.4, 0.5) is 4.39 Å². The first-order chi connectivity index (χ1) is 9.20. The lowest BCUT2D eigenvalue weighted by Gasteiger charge is -2.15. The van der Waals surface area contributed by atoms with E-state index in [2.05, 4.69) is 5.32 Å². The Labute approximate surface area is 111 Å². The summed E-state index contributed by atoms with van der Waals surface area (Å²) in [6.07, 6.45) is 2.12. The van der Waals surface area contributed by atoms with E-state index in [-0.39, 0.29) is 24.8 Å². The molecule has 5 heteroatoms. The Hall–Kier alpha value is -1.93. The van der Waals surface area contributed by atoms with Crippen molar-refractivity contribution >= 4 is 5.91 Å². The van der Waals surface area contributed by atoms with Crippen molar-refractivity contribution in [3.63, 3.8) is 0 Å². The summed E-state index contributed by atoms with van der Waals surface area (Å²) < 4.78 is 13.5. The lowest BCUT2D eigenvalue weighted by molar-refractivity contribution is -0.129. The number of hydrogen-bond donors (Lipinski definition) is 1. The number of halogens is 1. The first kappa shape index (κ1) is 13.5. The molecule has 1 aliphatic rings. The fourth-order valence-electron chi connectivity index (χ4n) is 2.16. The highest BCUT2D eigenvalue weighted by molar-refractivity contribution is 5.78. The van der Waals surface area contributed by atoms with Gasteiger partial charge in [0.15, 0.2) is 0 Å². The van der Waals surface area contributed by atoms with Crippen LogP contribution in [0.3, 0.4) is 0 Å². The monoisotopic (exact) mass is 261 g/mol. The van der Waals surface area contributed by atoms with Crippen molar-refractivity contribution in [1.29, 1.82) is 5.26 Å². The summed E-state index contributed by atoms with van der Waals surface area (Å²) in [4.78, 5) is 13.6. The molecule has 0 unspecified atom stereocenters. The van der Waals surface area contributed by atoms with Gasteiger partial charge in [-0.2, -0.15) is 5.26 Å². The van der Waals surface area contributed by atoms with Crippen LogP contribution in [0.1, 0.15) is 24.0 Å². The molecule has 0 atom stereocenters. The average Bonchev–Trinajstić information content (AvgIpc) is 2.95. The second-order valence-corrected chi connectivity index (χ2v) is 4.61. The molecule has 0 radical (unpaired) electrons. The van der Waals surface area contributed by atoms with Crippen molar-refractivity contribution in [1.82, 2.24) is 10.2 Å². The summed E-state index contributed by atoms with van der Waals surface area (Å²) in [5.41, 5.74) is 0.831. The van der Waals surface area contributed by atoms with Crippen LogP contribution in [-0.2, 0) is 11.3 Å². The van der Waals surface area contributed by atoms with Crippen LogP contribution < -0.4 is 5.32 Å². The molecule has 1 amide bonds. The second kappa shape index (κ2) is 6.30. The zero-order valence-corrected chi connectivity index (χ0v) is 10.7. The number of likely N-dealkylation sites (tertiary alicyclic amines) is 1. The summed E-state index contributed by atoms with van der Waals surface area (Å²) in [6.45, 7) is 2.09. The molecule has 1 aromatic carbocycles. The fraction of sp³-hybridized carbons (Fsp3) is 0.429. The maximum atomic E-state index is 13.5. The Bertz CT molecular complexity index is 504. The SMILES string of the molecule is N#Cc1ccc(F)c(CNCC(=O)N2CCCC2)c1. The van der Waals surface area contributed by atoms with E-state index in [1.807, 2.05) is 11.0 Å². The molecular formula is C14H16FN3O. The highest BCUT2D eigenvalue weighted by Gasteiger charge is 2.17. The summed E-state index contributed by atoms with van der Waals surface area (Å²) >= 11 is 0. The number of nitriles is 1. The molecule has 1 saturated heterocycles. The molecule has 4 nitrogen and oxygen atoms in total. The molecule has 1 fully saturated rings. The smallest absolute Gasteiger partial charge is 0.236 e. The van der Waals surface area contributed by atoms with Gasteiger partial charge in [0.2, 0.25) is 5.91 Å². The number of nitrogens with zero attached hydrogens (tertiary/aromatic N) is 2. The highest BCUT2D eigenvalue weighted by atomic mass is 19.1. The van der Waals surface area contributed by atoms with Crippen LogP contribution in [0.2, 0.25) is 0 Å². The number of rotatable bonds is 4. The van der Waals surface area contributed by atoms with Crippen LogP contribution in [0.15, 0.2) is 18.2 Å². The molecule has 0 spiro atoms. The maximum Gasteiger partial charge on any atom is 0.236 e. The van der Waals surface area contributed by atoms with E-state index in [0.29, 0.717) is 11.1 Å². The first-order valence-electron chi connectivity index (χ1n) is 6.38. The van der Waals surface area contributed by atoms with Crippen LogP contribution in [0.5, 0.6) is 0 Å². The van der Waals surface area contributed by atoms with Crippen molar-refractivity contribution in [2.45, 2.75) is 19.4 Å². The zero-order chi connectivity index (χ0) is 13.7. The van der Waals surface area contributed by atoms with Gasteiger partial charge in [-0.25, -0.2) is 4.39 Å². The largest absolute Gasteiger partial charge is 0.342 e. The van der Waals surface area contributed by atoms with Gasteiger partial charge in [0.05, 0.1) is 18.2 Å². The highest BCUT2D eigenvalue weighted by Crippen LogP contribution is 2.10. The van der Waals surface area contributed by atoms with Gasteiger partial charge in [-0.1, -0.05) is 0 Å². The number of carbonyl (C=O) groups excluding carboxylic acids is 1. The van der Waals surface area contributed by atoms with Gasteiger partial charge in [0.1, 0.15) is 5.82 Å². The third-order valence-electron chi connectivity index (χ3n) is 3.23. The molecule has 0 bridgehead atoms. The third-order valence-corrected chi connectivity index (χ3v) is 3.23. The molecule has 1 N–H and O–H groups in total. The fourth-order valence-corrected chi connectivity index (χ4v) is 2.16. The lowest BCUT2D eigenvalue weighted by atomic mass is 10.1. The topological polar surface area (TPSA) is 56.1 Å². The molecule has 0 saturated carbocycles. The van der Waals surface area contributed by atoms with Gasteiger partial charge in [0.25, 0.3) is 0 Å². The lowest BCUT2D eigenvalue weighted by Crippen LogP contribution is -2.36. The van der Waals surface area contributed by atoms with E-state index < -0.39 is 0 Å². The van der Waals surface area contributed by atoms with Crippen LogP contribution >= 0.6 is 0 Å². The van der Waals surface area contributed by atoms with Crippen molar-refractivity contribution < 1.29 is 9.18 Å². The molecule has 19 heavy (non-hydrogen) atoms. The van der Waals surface area contributed by atoms with Crippen LogP contribution in [0.25, 0.3) is 0 Å². The van der Waals surface area contributed by atoms with E-state index in [1.165, 1.54) is 18.2 Å². The van der Waals surface area contributed by atoms with E-state index in [0.717, 1.165) is 25.9 Å². The van der Waals surface area contributed by atoms with E-state index in [9.17, 15) is 9.18 Å². The molecule has 2 rings (SSSR count). The Kier molecular flexibility index (Phi) is 4.48. The summed E-state index contributed by atoms with van der Waals surface area (Å²) in [6, 6.07) is 6.19. The number of nitrogens with one attached hydrogen (secondary N) is 1. The van der Waals surface area contributed by atoms with Gasteiger partial charge >= 0.3 is 0 Å². The number of hydrogen-bond acceptors (Lipinski definition) is 3. The summed E-state index contributed by atoms with van der Waals surface area (Å²) in [7, 11) is 0. The molecular weight excluding hydrogens is 245 g/mol. The number of amides is 1. The minimum absolute atomic E-state index is 0.0503. The predicted octanol–water partition coefficient (Wildman–Crippen LogP) is 1.41. The maximum absolute atomic E-state index is 13.5. The first-order valence-corrected chi connectivity index (χ1v) is 6.38. The van der Waals surface area contributed by atoms with E-state index in [1.54, 1.807) is 0 Å². The van der Waals surface area contributed by atoms with Gasteiger partial charge in [-0.15, -0.1) is 0 Å². The number of carbonyl (C=O) groups is 1. The van der Waals surface area contributed by atoms with Crippen molar-refractivity contribution in [3.8, 4) is 6.07 Å². The Morgan fingerprint density at radius 1 is 1.42 bits per heavy atom. The van der Waals surface area contributed by atoms with Crippen molar-refractivity contribution in [2.75, 3.05) is 19.6 Å². The predicted molar refractivity (Wildman–Crippen MR) is 68.6 cm³/mol. The van der Waals surface area contributed by atoms with Gasteiger partial charge < -0.3 is 10.2 Å². The second-order valence-electron chi connectivity index (χ2n) is 4.61. The van der Waals surface area contributed by atoms with Gasteiger partial charge in [0, 0.05) is 25.2 Å². The molecule has 1 aliphatic heterocycles. The van der Waals surface area contributed by atoms with Crippen molar-refractivity contribution in [2.24, 2.45) is 0 Å². The minimum atomic E-state index is -0.361. The summed E-state index contributed by atoms with van der Waals surface area (Å²) in [5.74, 6) is -0.311. The average molecular weight is 261 g/mol. The van der Waals surface area contributed by atoms with Crippen LogP contribution in [0, 0.1) is 17.1 Å². The minimum Gasteiger partial charge on any atom is -0.342 e. The quantitative estimate of drug-likeness (QED) is 0.891. The van der Waals surface area contributed by atoms with E-state index >= 15 is 0 Å². The Morgan fingerprint density at radius 2 is 2.16 bits per heavy atom. The molecule has 1 heterocycles. The standard InChI is InChI=1S/C14H16FN3O/c15-13-4-3-11(8-16)7-12(13)9-17-10-14(19)18-5-1-2-6-18/h3-4,7,17H,1-2,5-6,9-10H2.